The van der Waals surface area contributed by atoms with Gasteiger partial charge in [-0.15, -0.1) is 0 Å². The number of benzene rings is 1. The van der Waals surface area contributed by atoms with Gasteiger partial charge in [-0.05, 0) is 49.3 Å². The number of primary sulfonamides is 1. The molecule has 0 aliphatic carbocycles. The quantitative estimate of drug-likeness (QED) is 0.837. The summed E-state index contributed by atoms with van der Waals surface area (Å²) in [5.41, 5.74) is 7.11. The van der Waals surface area contributed by atoms with Gasteiger partial charge in [0.05, 0.1) is 4.90 Å². The van der Waals surface area contributed by atoms with Gasteiger partial charge in [0, 0.05) is 24.5 Å². The van der Waals surface area contributed by atoms with E-state index in [-0.39, 0.29) is 4.90 Å². The molecule has 0 radical (unpaired) electrons. The van der Waals surface area contributed by atoms with Crippen LogP contribution in [0.4, 0.5) is 11.4 Å². The van der Waals surface area contributed by atoms with Crippen LogP contribution >= 0.6 is 0 Å². The van der Waals surface area contributed by atoms with E-state index in [9.17, 15) is 8.42 Å². The fraction of sp³-hybridized carbons (Fsp3) is 0.600. The molecule has 2 rings (SSSR count). The summed E-state index contributed by atoms with van der Waals surface area (Å²) in [6, 6.07) is 4.86. The highest BCUT2D eigenvalue weighted by molar-refractivity contribution is 7.89. The molecular formula is C15H25N3O2S. The highest BCUT2D eigenvalue weighted by Crippen LogP contribution is 2.29. The van der Waals surface area contributed by atoms with E-state index in [1.807, 2.05) is 6.07 Å². The molecule has 0 amide bonds. The van der Waals surface area contributed by atoms with E-state index in [0.717, 1.165) is 37.5 Å². The van der Waals surface area contributed by atoms with Crippen molar-refractivity contribution in [3.05, 3.63) is 18.2 Å². The molecule has 0 saturated carbocycles. The van der Waals surface area contributed by atoms with E-state index < -0.39 is 10.0 Å². The van der Waals surface area contributed by atoms with Crippen LogP contribution in [0.5, 0.6) is 0 Å². The third kappa shape index (κ3) is 4.11. The molecule has 0 bridgehead atoms. The molecule has 1 heterocycles. The van der Waals surface area contributed by atoms with Crippen molar-refractivity contribution < 1.29 is 8.42 Å². The topological polar surface area (TPSA) is 89.4 Å². The maximum Gasteiger partial charge on any atom is 0.238 e. The lowest BCUT2D eigenvalue weighted by Gasteiger charge is -2.24. The number of nitrogens with zero attached hydrogens (tertiary/aromatic N) is 1. The van der Waals surface area contributed by atoms with Crippen LogP contribution in [0, 0.1) is 11.8 Å². The number of hydrogen-bond acceptors (Lipinski definition) is 4. The zero-order chi connectivity index (χ0) is 15.6. The number of anilines is 2. The number of hydrogen-bond donors (Lipinski definition) is 2. The van der Waals surface area contributed by atoms with Crippen LogP contribution in [0.15, 0.2) is 23.1 Å². The largest absolute Gasteiger partial charge is 0.399 e. The Balaban J connectivity index is 2.24. The van der Waals surface area contributed by atoms with E-state index in [0.29, 0.717) is 11.6 Å². The van der Waals surface area contributed by atoms with Crippen molar-refractivity contribution in [2.24, 2.45) is 17.0 Å². The average Bonchev–Trinajstić information content (AvgIpc) is 2.62. The molecule has 21 heavy (non-hydrogen) atoms. The summed E-state index contributed by atoms with van der Waals surface area (Å²) in [5, 5.41) is 5.21. The first-order chi connectivity index (χ1) is 9.77. The van der Waals surface area contributed by atoms with Crippen LogP contribution in [0.2, 0.25) is 0 Å². The molecule has 1 unspecified atom stereocenters. The first kappa shape index (κ1) is 16.1. The molecule has 1 aliphatic heterocycles. The summed E-state index contributed by atoms with van der Waals surface area (Å²) in [7, 11) is -3.73. The predicted molar refractivity (Wildman–Crippen MR) is 86.6 cm³/mol. The number of nitrogens with two attached hydrogens (primary N) is 2. The second-order valence-corrected chi connectivity index (χ2v) is 7.79. The monoisotopic (exact) mass is 311 g/mol. The molecule has 5 nitrogen and oxygen atoms in total. The van der Waals surface area contributed by atoms with E-state index >= 15 is 0 Å². The van der Waals surface area contributed by atoms with Gasteiger partial charge < -0.3 is 10.6 Å². The van der Waals surface area contributed by atoms with Gasteiger partial charge in [0.15, 0.2) is 0 Å². The lowest BCUT2D eigenvalue weighted by Crippen LogP contribution is -2.25. The number of nitrogen functional groups attached to an aromatic ring is 1. The van der Waals surface area contributed by atoms with Gasteiger partial charge in [0.2, 0.25) is 10.0 Å². The highest BCUT2D eigenvalue weighted by atomic mass is 32.2. The third-order valence-electron chi connectivity index (χ3n) is 4.32. The molecule has 1 aromatic rings. The normalized spacial score (nSPS) is 20.6. The standard InChI is InChI=1S/C15H25N3O2S/c1-11(2)12-4-3-6-18(7-5-12)14-8-13(16)9-15(10-14)21(17,19)20/h8-12H,3-7,16H2,1-2H3,(H2,17,19,20). The van der Waals surface area contributed by atoms with Gasteiger partial charge in [-0.2, -0.15) is 0 Å². The molecule has 1 aromatic carbocycles. The van der Waals surface area contributed by atoms with Gasteiger partial charge in [0.25, 0.3) is 0 Å². The minimum absolute atomic E-state index is 0.0853. The second-order valence-electron chi connectivity index (χ2n) is 6.23. The molecule has 0 aromatic heterocycles. The Morgan fingerprint density at radius 1 is 1.19 bits per heavy atom. The average molecular weight is 311 g/mol. The fourth-order valence-corrected chi connectivity index (χ4v) is 3.58. The van der Waals surface area contributed by atoms with Crippen molar-refractivity contribution in [2.45, 2.75) is 38.0 Å². The van der Waals surface area contributed by atoms with Crippen LogP contribution in [0.3, 0.4) is 0 Å². The number of sulfonamides is 1. The first-order valence-corrected chi connectivity index (χ1v) is 9.00. The van der Waals surface area contributed by atoms with Crippen molar-refractivity contribution >= 4 is 21.4 Å². The van der Waals surface area contributed by atoms with Crippen molar-refractivity contribution in [3.8, 4) is 0 Å². The van der Waals surface area contributed by atoms with Crippen LogP contribution in [0.1, 0.15) is 33.1 Å². The van der Waals surface area contributed by atoms with Crippen molar-refractivity contribution in [2.75, 3.05) is 23.7 Å². The molecular weight excluding hydrogens is 286 g/mol. The van der Waals surface area contributed by atoms with Crippen LogP contribution in [-0.4, -0.2) is 21.5 Å². The molecule has 1 atom stereocenters. The Morgan fingerprint density at radius 2 is 1.90 bits per heavy atom. The van der Waals surface area contributed by atoms with Gasteiger partial charge >= 0.3 is 0 Å². The zero-order valence-corrected chi connectivity index (χ0v) is 13.6. The first-order valence-electron chi connectivity index (χ1n) is 7.45. The highest BCUT2D eigenvalue weighted by Gasteiger charge is 2.21. The Hall–Kier alpha value is -1.27. The minimum Gasteiger partial charge on any atom is -0.399 e. The molecule has 1 fully saturated rings. The minimum atomic E-state index is -3.73. The Labute approximate surface area is 127 Å². The summed E-state index contributed by atoms with van der Waals surface area (Å²) < 4.78 is 23.1. The van der Waals surface area contributed by atoms with Crippen molar-refractivity contribution in [1.82, 2.24) is 0 Å². The SMILES string of the molecule is CC(C)C1CCCN(c2cc(N)cc(S(N)(=O)=O)c2)CC1. The Kier molecular flexibility index (Phi) is 4.78. The van der Waals surface area contributed by atoms with Crippen molar-refractivity contribution in [1.29, 1.82) is 0 Å². The summed E-state index contributed by atoms with van der Waals surface area (Å²) in [4.78, 5) is 2.30. The van der Waals surface area contributed by atoms with Crippen LogP contribution in [0.25, 0.3) is 0 Å². The molecule has 1 saturated heterocycles. The lowest BCUT2D eigenvalue weighted by molar-refractivity contribution is 0.351. The van der Waals surface area contributed by atoms with E-state index in [1.165, 1.54) is 12.5 Å². The third-order valence-corrected chi connectivity index (χ3v) is 5.22. The van der Waals surface area contributed by atoms with E-state index in [1.54, 1.807) is 6.07 Å². The molecule has 6 heteroatoms. The van der Waals surface area contributed by atoms with Gasteiger partial charge in [-0.25, -0.2) is 13.6 Å². The van der Waals surface area contributed by atoms with Gasteiger partial charge in [0.1, 0.15) is 0 Å². The molecule has 1 aliphatic rings. The van der Waals surface area contributed by atoms with Crippen LogP contribution < -0.4 is 15.8 Å². The maximum atomic E-state index is 11.5. The summed E-state index contributed by atoms with van der Waals surface area (Å²) in [6.45, 7) is 6.38. The van der Waals surface area contributed by atoms with E-state index in [4.69, 9.17) is 10.9 Å². The van der Waals surface area contributed by atoms with Crippen molar-refractivity contribution in [3.63, 3.8) is 0 Å². The van der Waals surface area contributed by atoms with Gasteiger partial charge in [-0.3, -0.25) is 0 Å². The molecule has 4 N–H and O–H groups in total. The number of rotatable bonds is 3. The predicted octanol–water partition coefficient (Wildman–Crippen LogP) is 2.18. The van der Waals surface area contributed by atoms with Gasteiger partial charge in [-0.1, -0.05) is 13.8 Å². The maximum absolute atomic E-state index is 11.5. The second kappa shape index (κ2) is 6.23. The zero-order valence-electron chi connectivity index (χ0n) is 12.7. The molecule has 118 valence electrons. The Bertz CT molecular complexity index is 599. The fourth-order valence-electron chi connectivity index (χ4n) is 3.00. The summed E-state index contributed by atoms with van der Waals surface area (Å²) in [6.07, 6.45) is 3.46. The summed E-state index contributed by atoms with van der Waals surface area (Å²) >= 11 is 0. The summed E-state index contributed by atoms with van der Waals surface area (Å²) in [5.74, 6) is 1.42. The molecule has 0 spiro atoms. The lowest BCUT2D eigenvalue weighted by atomic mass is 9.89. The Morgan fingerprint density at radius 3 is 2.52 bits per heavy atom. The van der Waals surface area contributed by atoms with E-state index in [2.05, 4.69) is 18.7 Å². The van der Waals surface area contributed by atoms with Crippen LogP contribution in [-0.2, 0) is 10.0 Å². The smallest absolute Gasteiger partial charge is 0.238 e.